The highest BCUT2D eigenvalue weighted by Gasteiger charge is 2.17. The topological polar surface area (TPSA) is 55.8 Å². The zero-order valence-electron chi connectivity index (χ0n) is 8.41. The van der Waals surface area contributed by atoms with Crippen LogP contribution in [0.25, 0.3) is 0 Å². The van der Waals surface area contributed by atoms with Gasteiger partial charge in [-0.05, 0) is 19.1 Å². The maximum absolute atomic E-state index is 11.4. The number of benzene rings is 1. The number of phenols is 1. The first-order chi connectivity index (χ1) is 7.10. The van der Waals surface area contributed by atoms with Crippen molar-refractivity contribution in [2.75, 3.05) is 13.7 Å². The van der Waals surface area contributed by atoms with Crippen molar-refractivity contribution in [1.82, 2.24) is 0 Å². The minimum Gasteiger partial charge on any atom is -0.504 e. The van der Waals surface area contributed by atoms with Gasteiger partial charge in [0.05, 0.1) is 13.7 Å². The molecule has 0 radical (unpaired) electrons. The molecule has 1 aromatic carbocycles. The number of hydrogen-bond acceptors (Lipinski definition) is 4. The zero-order chi connectivity index (χ0) is 11.4. The molecule has 82 valence electrons. The van der Waals surface area contributed by atoms with Gasteiger partial charge >= 0.3 is 5.97 Å². The summed E-state index contributed by atoms with van der Waals surface area (Å²) in [5.41, 5.74) is 0.0862. The van der Waals surface area contributed by atoms with Crippen LogP contribution in [-0.4, -0.2) is 24.8 Å². The summed E-state index contributed by atoms with van der Waals surface area (Å²) in [6, 6.07) is 3.05. The van der Waals surface area contributed by atoms with Gasteiger partial charge in [0.15, 0.2) is 11.5 Å². The first-order valence-electron chi connectivity index (χ1n) is 4.33. The molecule has 0 spiro atoms. The smallest absolute Gasteiger partial charge is 0.342 e. The standard InChI is InChI=1S/C10H11BrO4/c1-3-15-10(13)7-4-6(11)5-8(14-2)9(7)12/h4-5,12H,3H2,1-2H3. The highest BCUT2D eigenvalue weighted by molar-refractivity contribution is 9.10. The number of rotatable bonds is 3. The number of hydrogen-bond donors (Lipinski definition) is 1. The predicted octanol–water partition coefficient (Wildman–Crippen LogP) is 2.34. The van der Waals surface area contributed by atoms with Gasteiger partial charge < -0.3 is 14.6 Å². The van der Waals surface area contributed by atoms with Gasteiger partial charge in [-0.1, -0.05) is 15.9 Å². The SMILES string of the molecule is CCOC(=O)c1cc(Br)cc(OC)c1O. The summed E-state index contributed by atoms with van der Waals surface area (Å²) in [6.07, 6.45) is 0. The highest BCUT2D eigenvalue weighted by Crippen LogP contribution is 2.33. The number of phenolic OH excluding ortho intramolecular Hbond substituents is 1. The van der Waals surface area contributed by atoms with E-state index in [0.29, 0.717) is 4.47 Å². The number of esters is 1. The molecule has 0 atom stereocenters. The molecule has 0 aliphatic rings. The molecule has 0 aliphatic carbocycles. The van der Waals surface area contributed by atoms with Gasteiger partial charge in [-0.2, -0.15) is 0 Å². The van der Waals surface area contributed by atoms with Gasteiger partial charge in [-0.3, -0.25) is 0 Å². The molecule has 0 aliphatic heterocycles. The molecule has 0 fully saturated rings. The third-order valence-electron chi connectivity index (χ3n) is 1.75. The van der Waals surface area contributed by atoms with Crippen molar-refractivity contribution in [1.29, 1.82) is 0 Å². The Morgan fingerprint density at radius 1 is 1.53 bits per heavy atom. The first kappa shape index (κ1) is 11.8. The molecule has 1 rings (SSSR count). The van der Waals surface area contributed by atoms with Crippen LogP contribution in [0.4, 0.5) is 0 Å². The first-order valence-corrected chi connectivity index (χ1v) is 5.13. The van der Waals surface area contributed by atoms with E-state index in [-0.39, 0.29) is 23.7 Å². The van der Waals surface area contributed by atoms with Gasteiger partial charge in [0.1, 0.15) is 5.56 Å². The van der Waals surface area contributed by atoms with E-state index in [1.54, 1.807) is 13.0 Å². The Morgan fingerprint density at radius 3 is 2.73 bits per heavy atom. The Hall–Kier alpha value is -1.23. The van der Waals surface area contributed by atoms with E-state index in [0.717, 1.165) is 0 Å². The van der Waals surface area contributed by atoms with E-state index >= 15 is 0 Å². The minimum absolute atomic E-state index is 0.0862. The van der Waals surface area contributed by atoms with Crippen LogP contribution in [0.15, 0.2) is 16.6 Å². The molecule has 0 saturated carbocycles. The van der Waals surface area contributed by atoms with Crippen molar-refractivity contribution in [3.63, 3.8) is 0 Å². The Bertz CT molecular complexity index is 376. The number of carbonyl (C=O) groups excluding carboxylic acids is 1. The lowest BCUT2D eigenvalue weighted by atomic mass is 10.2. The van der Waals surface area contributed by atoms with E-state index in [9.17, 15) is 9.90 Å². The molecule has 0 heterocycles. The summed E-state index contributed by atoms with van der Waals surface area (Å²) in [4.78, 5) is 11.4. The quantitative estimate of drug-likeness (QED) is 0.860. The average molecular weight is 275 g/mol. The summed E-state index contributed by atoms with van der Waals surface area (Å²) >= 11 is 3.21. The van der Waals surface area contributed by atoms with Crippen LogP contribution in [0.3, 0.4) is 0 Å². The van der Waals surface area contributed by atoms with Crippen LogP contribution < -0.4 is 4.74 Å². The third kappa shape index (κ3) is 2.62. The lowest BCUT2D eigenvalue weighted by molar-refractivity contribution is 0.0522. The summed E-state index contributed by atoms with van der Waals surface area (Å²) < 4.78 is 10.3. The molecule has 0 bridgehead atoms. The summed E-state index contributed by atoms with van der Waals surface area (Å²) in [5, 5.41) is 9.66. The molecule has 5 heteroatoms. The van der Waals surface area contributed by atoms with E-state index in [1.165, 1.54) is 13.2 Å². The van der Waals surface area contributed by atoms with Crippen molar-refractivity contribution < 1.29 is 19.4 Å². The Kier molecular flexibility index (Phi) is 3.96. The maximum Gasteiger partial charge on any atom is 0.342 e. The second kappa shape index (κ2) is 5.02. The zero-order valence-corrected chi connectivity index (χ0v) is 10.00. The molecule has 0 aromatic heterocycles. The monoisotopic (exact) mass is 274 g/mol. The van der Waals surface area contributed by atoms with Gasteiger partial charge in [-0.25, -0.2) is 4.79 Å². The van der Waals surface area contributed by atoms with Crippen molar-refractivity contribution in [3.8, 4) is 11.5 Å². The normalized spacial score (nSPS) is 9.80. The molecule has 15 heavy (non-hydrogen) atoms. The third-order valence-corrected chi connectivity index (χ3v) is 2.21. The second-order valence-electron chi connectivity index (χ2n) is 2.72. The van der Waals surface area contributed by atoms with Crippen molar-refractivity contribution in [3.05, 3.63) is 22.2 Å². The molecule has 0 amide bonds. The molecular weight excluding hydrogens is 264 g/mol. The fraction of sp³-hybridized carbons (Fsp3) is 0.300. The summed E-state index contributed by atoms with van der Waals surface area (Å²) in [7, 11) is 1.41. The van der Waals surface area contributed by atoms with E-state index in [4.69, 9.17) is 9.47 Å². The van der Waals surface area contributed by atoms with Crippen LogP contribution in [0.2, 0.25) is 0 Å². The largest absolute Gasteiger partial charge is 0.504 e. The van der Waals surface area contributed by atoms with Crippen LogP contribution in [0, 0.1) is 0 Å². The van der Waals surface area contributed by atoms with Crippen molar-refractivity contribution >= 4 is 21.9 Å². The molecule has 1 N–H and O–H groups in total. The van der Waals surface area contributed by atoms with Crippen molar-refractivity contribution in [2.24, 2.45) is 0 Å². The number of carbonyl (C=O) groups is 1. The summed E-state index contributed by atoms with van der Waals surface area (Å²) in [5.74, 6) is -0.554. The van der Waals surface area contributed by atoms with Crippen molar-refractivity contribution in [2.45, 2.75) is 6.92 Å². The lowest BCUT2D eigenvalue weighted by Crippen LogP contribution is -2.05. The second-order valence-corrected chi connectivity index (χ2v) is 3.64. The van der Waals surface area contributed by atoms with Gasteiger partial charge in [-0.15, -0.1) is 0 Å². The van der Waals surface area contributed by atoms with Gasteiger partial charge in [0, 0.05) is 4.47 Å². The fourth-order valence-corrected chi connectivity index (χ4v) is 1.53. The number of methoxy groups -OCH3 is 1. The molecule has 0 saturated heterocycles. The molecule has 1 aromatic rings. The fourth-order valence-electron chi connectivity index (χ4n) is 1.09. The van der Waals surface area contributed by atoms with E-state index in [2.05, 4.69) is 15.9 Å². The predicted molar refractivity (Wildman–Crippen MR) is 58.3 cm³/mol. The molecule has 4 nitrogen and oxygen atoms in total. The summed E-state index contributed by atoms with van der Waals surface area (Å²) in [6.45, 7) is 1.96. The minimum atomic E-state index is -0.574. The van der Waals surface area contributed by atoms with Gasteiger partial charge in [0.25, 0.3) is 0 Å². The Balaban J connectivity index is 3.17. The highest BCUT2D eigenvalue weighted by atomic mass is 79.9. The average Bonchev–Trinajstić information content (AvgIpc) is 2.21. The van der Waals surface area contributed by atoms with Crippen LogP contribution in [-0.2, 0) is 4.74 Å². The number of ether oxygens (including phenoxy) is 2. The molecule has 0 unspecified atom stereocenters. The number of halogens is 1. The van der Waals surface area contributed by atoms with Crippen LogP contribution >= 0.6 is 15.9 Å². The lowest BCUT2D eigenvalue weighted by Gasteiger charge is -2.08. The van der Waals surface area contributed by atoms with E-state index < -0.39 is 5.97 Å². The van der Waals surface area contributed by atoms with Gasteiger partial charge in [0.2, 0.25) is 0 Å². The van der Waals surface area contributed by atoms with Crippen LogP contribution in [0.1, 0.15) is 17.3 Å². The van der Waals surface area contributed by atoms with E-state index in [1.807, 2.05) is 0 Å². The maximum atomic E-state index is 11.4. The Labute approximate surface area is 95.9 Å². The number of aromatic hydroxyl groups is 1. The van der Waals surface area contributed by atoms with Crippen LogP contribution in [0.5, 0.6) is 11.5 Å². The molecular formula is C10H11BrO4. The Morgan fingerprint density at radius 2 is 2.20 bits per heavy atom.